The van der Waals surface area contributed by atoms with Gasteiger partial charge in [0.1, 0.15) is 5.65 Å². The molecule has 0 aliphatic carbocycles. The lowest BCUT2D eigenvalue weighted by atomic mass is 10.1. The summed E-state index contributed by atoms with van der Waals surface area (Å²) in [5, 5.41) is 0. The zero-order valence-electron chi connectivity index (χ0n) is 14.8. The number of pyridine rings is 1. The third-order valence-corrected chi connectivity index (χ3v) is 4.86. The SMILES string of the molecule is CC[C@H]1CN(C(=O)c2nc3ccc(C)cn3c2F)CCN1C(C)C. The first-order valence-electron chi connectivity index (χ1n) is 8.61. The molecule has 2 aromatic heterocycles. The second-order valence-electron chi connectivity index (χ2n) is 6.83. The van der Waals surface area contributed by atoms with E-state index in [2.05, 4.69) is 30.7 Å². The second kappa shape index (κ2) is 6.51. The highest BCUT2D eigenvalue weighted by Gasteiger charge is 2.32. The summed E-state index contributed by atoms with van der Waals surface area (Å²) < 4.78 is 16.0. The van der Waals surface area contributed by atoms with Crippen LogP contribution in [0.4, 0.5) is 4.39 Å². The fourth-order valence-corrected chi connectivity index (χ4v) is 3.51. The van der Waals surface area contributed by atoms with Crippen LogP contribution in [0.2, 0.25) is 0 Å². The highest BCUT2D eigenvalue weighted by molar-refractivity contribution is 5.93. The van der Waals surface area contributed by atoms with E-state index in [1.165, 1.54) is 4.40 Å². The smallest absolute Gasteiger partial charge is 0.277 e. The molecule has 0 bridgehead atoms. The van der Waals surface area contributed by atoms with E-state index in [4.69, 9.17) is 0 Å². The minimum atomic E-state index is -0.571. The van der Waals surface area contributed by atoms with Crippen molar-refractivity contribution in [2.24, 2.45) is 0 Å². The molecule has 3 heterocycles. The van der Waals surface area contributed by atoms with Gasteiger partial charge in [-0.3, -0.25) is 14.1 Å². The highest BCUT2D eigenvalue weighted by Crippen LogP contribution is 2.20. The van der Waals surface area contributed by atoms with Crippen molar-refractivity contribution in [3.05, 3.63) is 35.5 Å². The van der Waals surface area contributed by atoms with Gasteiger partial charge < -0.3 is 4.90 Å². The molecule has 0 aromatic carbocycles. The van der Waals surface area contributed by atoms with Gasteiger partial charge in [-0.15, -0.1) is 0 Å². The van der Waals surface area contributed by atoms with Gasteiger partial charge in [-0.25, -0.2) is 4.98 Å². The van der Waals surface area contributed by atoms with E-state index in [-0.39, 0.29) is 11.6 Å². The molecule has 1 aliphatic heterocycles. The molecule has 0 unspecified atom stereocenters. The summed E-state index contributed by atoms with van der Waals surface area (Å²) >= 11 is 0. The van der Waals surface area contributed by atoms with E-state index >= 15 is 0 Å². The van der Waals surface area contributed by atoms with Crippen LogP contribution in [0.5, 0.6) is 0 Å². The van der Waals surface area contributed by atoms with Gasteiger partial charge in [-0.2, -0.15) is 4.39 Å². The Bertz CT molecular complexity index is 755. The standard InChI is InChI=1S/C18H25FN4O/c1-5-14-11-21(8-9-22(14)12(2)3)18(24)16-17(19)23-10-13(4)6-7-15(23)20-16/h6-7,10,12,14H,5,8-9,11H2,1-4H3/t14-/m0/s1. The summed E-state index contributed by atoms with van der Waals surface area (Å²) in [6.07, 6.45) is 2.63. The molecule has 1 fully saturated rings. The molecule has 0 saturated carbocycles. The van der Waals surface area contributed by atoms with Crippen LogP contribution in [0.1, 0.15) is 43.2 Å². The second-order valence-corrected chi connectivity index (χ2v) is 6.83. The first-order valence-corrected chi connectivity index (χ1v) is 8.61. The molecule has 6 heteroatoms. The Morgan fingerprint density at radius 3 is 2.79 bits per heavy atom. The number of halogens is 1. The number of amides is 1. The van der Waals surface area contributed by atoms with E-state index in [0.29, 0.717) is 30.8 Å². The zero-order valence-corrected chi connectivity index (χ0v) is 14.8. The lowest BCUT2D eigenvalue weighted by Crippen LogP contribution is -2.56. The van der Waals surface area contributed by atoms with E-state index in [0.717, 1.165) is 18.5 Å². The van der Waals surface area contributed by atoms with Gasteiger partial charge >= 0.3 is 0 Å². The Kier molecular flexibility index (Phi) is 4.58. The van der Waals surface area contributed by atoms with E-state index in [9.17, 15) is 9.18 Å². The maximum Gasteiger partial charge on any atom is 0.277 e. The molecule has 1 aliphatic rings. The summed E-state index contributed by atoms with van der Waals surface area (Å²) in [5.74, 6) is -0.881. The maximum absolute atomic E-state index is 14.6. The fraction of sp³-hybridized carbons (Fsp3) is 0.556. The number of aromatic nitrogens is 2. The Morgan fingerprint density at radius 1 is 1.38 bits per heavy atom. The maximum atomic E-state index is 14.6. The van der Waals surface area contributed by atoms with Gasteiger partial charge in [0, 0.05) is 37.9 Å². The number of nitrogens with zero attached hydrogens (tertiary/aromatic N) is 4. The number of aryl methyl sites for hydroxylation is 1. The van der Waals surface area contributed by atoms with Crippen LogP contribution in [-0.2, 0) is 0 Å². The predicted molar refractivity (Wildman–Crippen MR) is 91.7 cm³/mol. The highest BCUT2D eigenvalue weighted by atomic mass is 19.1. The third kappa shape index (κ3) is 2.90. The Morgan fingerprint density at radius 2 is 2.12 bits per heavy atom. The van der Waals surface area contributed by atoms with Crippen LogP contribution in [0.25, 0.3) is 5.65 Å². The van der Waals surface area contributed by atoms with Crippen LogP contribution in [0.3, 0.4) is 0 Å². The van der Waals surface area contributed by atoms with E-state index < -0.39 is 5.95 Å². The molecule has 0 radical (unpaired) electrons. The monoisotopic (exact) mass is 332 g/mol. The van der Waals surface area contributed by atoms with Crippen molar-refractivity contribution in [2.75, 3.05) is 19.6 Å². The van der Waals surface area contributed by atoms with Gasteiger partial charge in [0.05, 0.1) is 0 Å². The van der Waals surface area contributed by atoms with Crippen molar-refractivity contribution < 1.29 is 9.18 Å². The fourth-order valence-electron chi connectivity index (χ4n) is 3.51. The summed E-state index contributed by atoms with van der Waals surface area (Å²) in [7, 11) is 0. The number of carbonyl (C=O) groups excluding carboxylic acids is 1. The summed E-state index contributed by atoms with van der Waals surface area (Å²) in [5.41, 5.74) is 1.32. The van der Waals surface area contributed by atoms with Gasteiger partial charge in [-0.1, -0.05) is 13.0 Å². The minimum absolute atomic E-state index is 0.0755. The number of hydrogen-bond donors (Lipinski definition) is 0. The molecular weight excluding hydrogens is 307 g/mol. The van der Waals surface area contributed by atoms with Crippen LogP contribution in [-0.4, -0.2) is 56.8 Å². The molecule has 1 atom stereocenters. The van der Waals surface area contributed by atoms with Crippen LogP contribution in [0, 0.1) is 12.9 Å². The molecule has 2 aromatic rings. The summed E-state index contributed by atoms with van der Waals surface area (Å²) in [6, 6.07) is 4.36. The Balaban J connectivity index is 1.86. The molecule has 0 spiro atoms. The average molecular weight is 332 g/mol. The van der Waals surface area contributed by atoms with Crippen molar-refractivity contribution in [1.29, 1.82) is 0 Å². The zero-order chi connectivity index (χ0) is 17.4. The number of piperazine rings is 1. The average Bonchev–Trinajstić information content (AvgIpc) is 2.90. The van der Waals surface area contributed by atoms with Gasteiger partial charge in [0.15, 0.2) is 5.69 Å². The van der Waals surface area contributed by atoms with Crippen LogP contribution >= 0.6 is 0 Å². The Labute approximate surface area is 142 Å². The van der Waals surface area contributed by atoms with Crippen molar-refractivity contribution in [1.82, 2.24) is 19.2 Å². The molecule has 0 N–H and O–H groups in total. The topological polar surface area (TPSA) is 40.9 Å². The number of imidazole rings is 1. The number of hydrogen-bond acceptors (Lipinski definition) is 3. The van der Waals surface area contributed by atoms with Crippen molar-refractivity contribution in [2.45, 2.75) is 46.2 Å². The minimum Gasteiger partial charge on any atom is -0.334 e. The normalized spacial score (nSPS) is 19.4. The molecule has 1 amide bonds. The quantitative estimate of drug-likeness (QED) is 0.868. The predicted octanol–water partition coefficient (Wildman–Crippen LogP) is 2.73. The number of carbonyl (C=O) groups is 1. The summed E-state index contributed by atoms with van der Waals surface area (Å²) in [4.78, 5) is 21.2. The van der Waals surface area contributed by atoms with Crippen molar-refractivity contribution >= 4 is 11.6 Å². The lowest BCUT2D eigenvalue weighted by molar-refractivity contribution is 0.0364. The molecule has 1 saturated heterocycles. The molecule has 5 nitrogen and oxygen atoms in total. The van der Waals surface area contributed by atoms with Gasteiger partial charge in [-0.05, 0) is 38.8 Å². The van der Waals surface area contributed by atoms with Crippen LogP contribution < -0.4 is 0 Å². The third-order valence-electron chi connectivity index (χ3n) is 4.86. The largest absolute Gasteiger partial charge is 0.334 e. The summed E-state index contributed by atoms with van der Waals surface area (Å²) in [6.45, 7) is 10.4. The molecule has 130 valence electrons. The van der Waals surface area contributed by atoms with E-state index in [1.807, 2.05) is 13.0 Å². The van der Waals surface area contributed by atoms with E-state index in [1.54, 1.807) is 17.2 Å². The van der Waals surface area contributed by atoms with Crippen LogP contribution in [0.15, 0.2) is 18.3 Å². The number of rotatable bonds is 3. The van der Waals surface area contributed by atoms with Gasteiger partial charge in [0.2, 0.25) is 5.95 Å². The first kappa shape index (κ1) is 16.9. The van der Waals surface area contributed by atoms with Crippen molar-refractivity contribution in [3.63, 3.8) is 0 Å². The number of fused-ring (bicyclic) bond motifs is 1. The van der Waals surface area contributed by atoms with Crippen molar-refractivity contribution in [3.8, 4) is 0 Å². The molecule has 3 rings (SSSR count). The molecule has 24 heavy (non-hydrogen) atoms. The lowest BCUT2D eigenvalue weighted by Gasteiger charge is -2.43. The van der Waals surface area contributed by atoms with Gasteiger partial charge in [0.25, 0.3) is 5.91 Å². The molecular formula is C18H25FN4O. The first-order chi connectivity index (χ1) is 11.4. The Hall–Kier alpha value is -1.95.